The van der Waals surface area contributed by atoms with E-state index in [1.807, 2.05) is 45.9 Å². The molecule has 1 fully saturated rings. The average Bonchev–Trinajstić information content (AvgIpc) is 2.87. The average molecular weight is 289 g/mol. The normalized spacial score (nSPS) is 20.3. The van der Waals surface area contributed by atoms with Crippen LogP contribution in [0.15, 0.2) is 22.6 Å². The molecule has 1 aromatic carbocycles. The molecule has 5 nitrogen and oxygen atoms in total. The number of hydrogen-bond donors (Lipinski definition) is 0. The van der Waals surface area contributed by atoms with Crippen molar-refractivity contribution in [3.05, 3.63) is 24.1 Å². The minimum atomic E-state index is -0.387. The fourth-order valence-corrected chi connectivity index (χ4v) is 2.30. The Morgan fingerprint density at radius 1 is 1.14 bits per heavy atom. The van der Waals surface area contributed by atoms with E-state index >= 15 is 0 Å². The molecule has 1 aromatic heterocycles. The molecule has 0 bridgehead atoms. The lowest BCUT2D eigenvalue weighted by Gasteiger charge is -2.32. The molecular formula is C15H20BNO4. The number of nitrogens with zero attached hydrogens (tertiary/aromatic N) is 1. The largest absolute Gasteiger partial charge is 0.494 e. The predicted octanol–water partition coefficient (Wildman–Crippen LogP) is 2.27. The van der Waals surface area contributed by atoms with Crippen LogP contribution in [0.25, 0.3) is 11.1 Å². The first-order valence-electron chi connectivity index (χ1n) is 7.06. The summed E-state index contributed by atoms with van der Waals surface area (Å²) >= 11 is 0. The second kappa shape index (κ2) is 4.83. The number of benzene rings is 1. The molecule has 112 valence electrons. The number of methoxy groups -OCH3 is 1. The number of aromatic nitrogens is 1. The number of fused-ring (bicyclic) bond motifs is 1. The van der Waals surface area contributed by atoms with E-state index in [1.165, 1.54) is 0 Å². The lowest BCUT2D eigenvalue weighted by molar-refractivity contribution is 0.00578. The standard InChI is InChI=1S/C15H20BNO4/c1-14(2)15(3,4)21-16(20-14)10-6-7-12-11(8-10)17-13(19-12)9-18-5/h6-8H,9H2,1-5H3. The highest BCUT2D eigenvalue weighted by atomic mass is 16.7. The summed E-state index contributed by atoms with van der Waals surface area (Å²) in [7, 11) is 1.23. The van der Waals surface area contributed by atoms with E-state index < -0.39 is 0 Å². The van der Waals surface area contributed by atoms with Crippen molar-refractivity contribution in [1.29, 1.82) is 0 Å². The van der Waals surface area contributed by atoms with Crippen LogP contribution in [-0.2, 0) is 20.7 Å². The third-order valence-electron chi connectivity index (χ3n) is 4.25. The van der Waals surface area contributed by atoms with Crippen LogP contribution in [0.4, 0.5) is 0 Å². The molecule has 1 saturated heterocycles. The number of rotatable bonds is 3. The third-order valence-corrected chi connectivity index (χ3v) is 4.25. The second-order valence-electron chi connectivity index (χ2n) is 6.36. The summed E-state index contributed by atoms with van der Waals surface area (Å²) in [6.07, 6.45) is 0. The Balaban J connectivity index is 1.91. The van der Waals surface area contributed by atoms with Crippen molar-refractivity contribution in [2.45, 2.75) is 45.5 Å². The van der Waals surface area contributed by atoms with Gasteiger partial charge in [-0.2, -0.15) is 0 Å². The molecular weight excluding hydrogens is 269 g/mol. The van der Waals surface area contributed by atoms with Gasteiger partial charge in [-0.05, 0) is 45.3 Å². The summed E-state index contributed by atoms with van der Waals surface area (Å²) in [6.45, 7) is 8.52. The van der Waals surface area contributed by atoms with Gasteiger partial charge >= 0.3 is 7.12 Å². The molecule has 21 heavy (non-hydrogen) atoms. The summed E-state index contributed by atoms with van der Waals surface area (Å²) in [4.78, 5) is 4.40. The van der Waals surface area contributed by atoms with Gasteiger partial charge in [-0.15, -0.1) is 0 Å². The van der Waals surface area contributed by atoms with Gasteiger partial charge in [0, 0.05) is 7.11 Å². The highest BCUT2D eigenvalue weighted by molar-refractivity contribution is 6.62. The fraction of sp³-hybridized carbons (Fsp3) is 0.533. The van der Waals surface area contributed by atoms with Crippen molar-refractivity contribution < 1.29 is 18.5 Å². The molecule has 1 aliphatic rings. The Morgan fingerprint density at radius 3 is 2.43 bits per heavy atom. The topological polar surface area (TPSA) is 53.7 Å². The monoisotopic (exact) mass is 289 g/mol. The van der Waals surface area contributed by atoms with Gasteiger partial charge in [0.1, 0.15) is 12.1 Å². The predicted molar refractivity (Wildman–Crippen MR) is 80.4 cm³/mol. The Morgan fingerprint density at radius 2 is 1.81 bits per heavy atom. The lowest BCUT2D eigenvalue weighted by atomic mass is 9.79. The molecule has 0 atom stereocenters. The van der Waals surface area contributed by atoms with E-state index in [1.54, 1.807) is 7.11 Å². The van der Waals surface area contributed by atoms with Crippen molar-refractivity contribution in [2.24, 2.45) is 0 Å². The Bertz CT molecular complexity index is 649. The molecule has 1 aliphatic heterocycles. The zero-order valence-corrected chi connectivity index (χ0v) is 13.1. The maximum absolute atomic E-state index is 6.05. The molecule has 0 amide bonds. The van der Waals surface area contributed by atoms with Crippen molar-refractivity contribution in [3.63, 3.8) is 0 Å². The highest BCUT2D eigenvalue weighted by Gasteiger charge is 2.51. The SMILES string of the molecule is COCc1nc2cc(B3OC(C)(C)C(C)(C)O3)ccc2o1. The summed E-state index contributed by atoms with van der Waals surface area (Å²) in [5, 5.41) is 0. The van der Waals surface area contributed by atoms with Gasteiger partial charge in [-0.25, -0.2) is 4.98 Å². The summed E-state index contributed by atoms with van der Waals surface area (Å²) in [5.74, 6) is 0.568. The van der Waals surface area contributed by atoms with E-state index in [4.69, 9.17) is 18.5 Å². The van der Waals surface area contributed by atoms with Crippen LogP contribution >= 0.6 is 0 Å². The van der Waals surface area contributed by atoms with Crippen molar-refractivity contribution in [2.75, 3.05) is 7.11 Å². The molecule has 0 unspecified atom stereocenters. The van der Waals surface area contributed by atoms with E-state index in [2.05, 4.69) is 4.98 Å². The molecule has 3 rings (SSSR count). The summed E-state index contributed by atoms with van der Waals surface area (Å²) in [6, 6.07) is 5.79. The zero-order valence-electron chi connectivity index (χ0n) is 13.1. The van der Waals surface area contributed by atoms with Gasteiger partial charge in [0.15, 0.2) is 5.58 Å². The van der Waals surface area contributed by atoms with Crippen molar-refractivity contribution >= 4 is 23.7 Å². The Kier molecular flexibility index (Phi) is 3.35. The molecule has 0 radical (unpaired) electrons. The summed E-state index contributed by atoms with van der Waals surface area (Å²) in [5.41, 5.74) is 1.77. The molecule has 2 heterocycles. The maximum Gasteiger partial charge on any atom is 0.494 e. The number of ether oxygens (including phenoxy) is 1. The Hall–Kier alpha value is -1.37. The molecule has 2 aromatic rings. The van der Waals surface area contributed by atoms with Crippen LogP contribution in [0.1, 0.15) is 33.6 Å². The van der Waals surface area contributed by atoms with E-state index in [0.29, 0.717) is 12.5 Å². The smallest absolute Gasteiger partial charge is 0.438 e. The minimum absolute atomic E-state index is 0.350. The first-order chi connectivity index (χ1) is 9.82. The second-order valence-corrected chi connectivity index (χ2v) is 6.36. The van der Waals surface area contributed by atoms with Crippen molar-refractivity contribution in [3.8, 4) is 0 Å². The van der Waals surface area contributed by atoms with Gasteiger partial charge in [-0.1, -0.05) is 6.07 Å². The van der Waals surface area contributed by atoms with E-state index in [9.17, 15) is 0 Å². The van der Waals surface area contributed by atoms with Gasteiger partial charge in [0.25, 0.3) is 0 Å². The first kappa shape index (κ1) is 14.6. The van der Waals surface area contributed by atoms with E-state index in [0.717, 1.165) is 16.6 Å². The third kappa shape index (κ3) is 2.48. The van der Waals surface area contributed by atoms with Gasteiger partial charge < -0.3 is 18.5 Å². The fourth-order valence-electron chi connectivity index (χ4n) is 2.30. The Labute approximate surface area is 124 Å². The molecule has 0 spiro atoms. The molecule has 6 heteroatoms. The number of oxazole rings is 1. The van der Waals surface area contributed by atoms with Gasteiger partial charge in [-0.3, -0.25) is 0 Å². The molecule has 0 aliphatic carbocycles. The van der Waals surface area contributed by atoms with Crippen LogP contribution in [0.5, 0.6) is 0 Å². The highest BCUT2D eigenvalue weighted by Crippen LogP contribution is 2.36. The van der Waals surface area contributed by atoms with Crippen LogP contribution in [0, 0.1) is 0 Å². The van der Waals surface area contributed by atoms with Crippen LogP contribution < -0.4 is 5.46 Å². The van der Waals surface area contributed by atoms with Crippen LogP contribution in [0.2, 0.25) is 0 Å². The zero-order chi connectivity index (χ0) is 15.3. The molecule has 0 saturated carbocycles. The van der Waals surface area contributed by atoms with Crippen molar-refractivity contribution in [1.82, 2.24) is 4.98 Å². The lowest BCUT2D eigenvalue weighted by Crippen LogP contribution is -2.41. The van der Waals surface area contributed by atoms with E-state index in [-0.39, 0.29) is 18.3 Å². The minimum Gasteiger partial charge on any atom is -0.438 e. The van der Waals surface area contributed by atoms with Gasteiger partial charge in [0.2, 0.25) is 5.89 Å². The maximum atomic E-state index is 6.05. The number of hydrogen-bond acceptors (Lipinski definition) is 5. The van der Waals surface area contributed by atoms with Gasteiger partial charge in [0.05, 0.1) is 11.2 Å². The van der Waals surface area contributed by atoms with Crippen LogP contribution in [-0.4, -0.2) is 30.4 Å². The summed E-state index contributed by atoms with van der Waals surface area (Å²) < 4.78 is 22.7. The van der Waals surface area contributed by atoms with Crippen LogP contribution in [0.3, 0.4) is 0 Å². The molecule has 0 N–H and O–H groups in total. The quantitative estimate of drug-likeness (QED) is 0.811. The first-order valence-corrected chi connectivity index (χ1v) is 7.06.